The number of hydrogen-bond acceptors (Lipinski definition) is 1. The first-order valence-corrected chi connectivity index (χ1v) is 6.54. The molecule has 0 atom stereocenters. The van der Waals surface area contributed by atoms with Crippen LogP contribution in [-0.4, -0.2) is 23.3 Å². The third-order valence-corrected chi connectivity index (χ3v) is 2.62. The second-order valence-electron chi connectivity index (χ2n) is 3.16. The van der Waals surface area contributed by atoms with Gasteiger partial charge in [-0.3, -0.25) is 0 Å². The Labute approximate surface area is 74.4 Å². The Bertz CT molecular complexity index is 58.6. The smallest absolute Gasteiger partial charge is 0.00286 e. The van der Waals surface area contributed by atoms with Crippen molar-refractivity contribution in [2.45, 2.75) is 45.1 Å². The molecular weight excluding hydrogens is 150 g/mol. The van der Waals surface area contributed by atoms with E-state index in [1.807, 2.05) is 0 Å². The molecule has 0 aliphatic carbocycles. The Hall–Kier alpha value is 0.177. The normalized spacial score (nSPS) is 10.6. The molecule has 0 bridgehead atoms. The molecule has 11 heavy (non-hydrogen) atoms. The third kappa shape index (κ3) is 10.2. The third-order valence-electron chi connectivity index (χ3n) is 1.91. The van der Waals surface area contributed by atoms with Crippen LogP contribution < -0.4 is 5.32 Å². The van der Waals surface area contributed by atoms with Crippen molar-refractivity contribution in [3.8, 4) is 0 Å². The summed E-state index contributed by atoms with van der Waals surface area (Å²) in [6.45, 7) is 4.74. The molecule has 0 spiro atoms. The second-order valence-corrected chi connectivity index (χ2v) is 4.16. The molecule has 68 valence electrons. The highest BCUT2D eigenvalue weighted by Crippen LogP contribution is 1.96. The van der Waals surface area contributed by atoms with Crippen molar-refractivity contribution in [3.05, 3.63) is 0 Å². The molecule has 0 aromatic heterocycles. The Morgan fingerprint density at radius 3 is 2.36 bits per heavy atom. The maximum atomic E-state index is 3.47. The van der Waals surface area contributed by atoms with E-state index in [0.29, 0.717) is 0 Å². The second kappa shape index (κ2) is 10.2. The van der Waals surface area contributed by atoms with Crippen LogP contribution in [0.25, 0.3) is 0 Å². The molecule has 0 aromatic rings. The van der Waals surface area contributed by atoms with Crippen LogP contribution in [0.3, 0.4) is 0 Å². The van der Waals surface area contributed by atoms with E-state index in [1.54, 1.807) is 0 Å². The SMILES string of the molecule is CCCCCCNCCC[SiH3]. The molecule has 0 aliphatic heterocycles. The lowest BCUT2D eigenvalue weighted by Crippen LogP contribution is -2.16. The largest absolute Gasteiger partial charge is 0.317 e. The van der Waals surface area contributed by atoms with Crippen LogP contribution in [0.15, 0.2) is 0 Å². The lowest BCUT2D eigenvalue weighted by Gasteiger charge is -2.02. The highest BCUT2D eigenvalue weighted by molar-refractivity contribution is 6.08. The number of hydrogen-bond donors (Lipinski definition) is 1. The minimum absolute atomic E-state index is 1.24. The molecule has 0 heterocycles. The summed E-state index contributed by atoms with van der Waals surface area (Å²) in [5, 5.41) is 3.47. The molecule has 0 aromatic carbocycles. The summed E-state index contributed by atoms with van der Waals surface area (Å²) in [4.78, 5) is 0. The summed E-state index contributed by atoms with van der Waals surface area (Å²) >= 11 is 0. The monoisotopic (exact) mass is 173 g/mol. The molecule has 0 radical (unpaired) electrons. The van der Waals surface area contributed by atoms with Gasteiger partial charge in [-0.15, -0.1) is 0 Å². The Morgan fingerprint density at radius 2 is 1.73 bits per heavy atom. The van der Waals surface area contributed by atoms with Gasteiger partial charge in [-0.2, -0.15) is 0 Å². The summed E-state index contributed by atoms with van der Waals surface area (Å²) in [7, 11) is 1.37. The molecule has 0 amide bonds. The molecule has 1 N–H and O–H groups in total. The topological polar surface area (TPSA) is 12.0 Å². The average Bonchev–Trinajstić information content (AvgIpc) is 2.03. The van der Waals surface area contributed by atoms with Crippen molar-refractivity contribution in [1.29, 1.82) is 0 Å². The summed E-state index contributed by atoms with van der Waals surface area (Å²) < 4.78 is 0. The Balaban J connectivity index is 2.69. The maximum Gasteiger partial charge on any atom is 0.00286 e. The van der Waals surface area contributed by atoms with Crippen LogP contribution in [0.4, 0.5) is 0 Å². The summed E-state index contributed by atoms with van der Waals surface area (Å²) in [5.41, 5.74) is 0. The van der Waals surface area contributed by atoms with E-state index in [1.165, 1.54) is 61.5 Å². The van der Waals surface area contributed by atoms with Crippen molar-refractivity contribution < 1.29 is 0 Å². The number of unbranched alkanes of at least 4 members (excludes halogenated alkanes) is 3. The van der Waals surface area contributed by atoms with Gasteiger partial charge in [0.2, 0.25) is 0 Å². The van der Waals surface area contributed by atoms with Crippen molar-refractivity contribution in [3.63, 3.8) is 0 Å². The molecule has 0 aliphatic rings. The van der Waals surface area contributed by atoms with Gasteiger partial charge in [0.1, 0.15) is 0 Å². The zero-order valence-corrected chi connectivity index (χ0v) is 10.2. The summed E-state index contributed by atoms with van der Waals surface area (Å²) in [6.07, 6.45) is 6.92. The lowest BCUT2D eigenvalue weighted by atomic mass is 10.2. The van der Waals surface area contributed by atoms with Gasteiger partial charge in [-0.05, 0) is 25.9 Å². The fraction of sp³-hybridized carbons (Fsp3) is 1.00. The van der Waals surface area contributed by atoms with Crippen molar-refractivity contribution in [1.82, 2.24) is 5.32 Å². The average molecular weight is 173 g/mol. The standard InChI is InChI=1S/C9H23NSi/c1-2-3-4-5-7-10-8-6-9-11/h10H,2-9H2,1,11H3. The van der Waals surface area contributed by atoms with Gasteiger partial charge < -0.3 is 5.32 Å². The first-order valence-electron chi connectivity index (χ1n) is 5.12. The van der Waals surface area contributed by atoms with Crippen molar-refractivity contribution in [2.24, 2.45) is 0 Å². The summed E-state index contributed by atoms with van der Waals surface area (Å²) in [5.74, 6) is 0. The first kappa shape index (κ1) is 11.2. The van der Waals surface area contributed by atoms with Crippen LogP contribution in [-0.2, 0) is 0 Å². The predicted molar refractivity (Wildman–Crippen MR) is 56.4 cm³/mol. The molecule has 0 saturated heterocycles. The van der Waals surface area contributed by atoms with Gasteiger partial charge in [0.25, 0.3) is 0 Å². The van der Waals surface area contributed by atoms with Gasteiger partial charge in [0.15, 0.2) is 0 Å². The van der Waals surface area contributed by atoms with Crippen molar-refractivity contribution >= 4 is 10.2 Å². The quantitative estimate of drug-likeness (QED) is 0.431. The fourth-order valence-corrected chi connectivity index (χ4v) is 1.46. The molecule has 1 nitrogen and oxygen atoms in total. The van der Waals surface area contributed by atoms with E-state index in [0.717, 1.165) is 0 Å². The maximum absolute atomic E-state index is 3.47. The minimum atomic E-state index is 1.24. The Morgan fingerprint density at radius 1 is 1.00 bits per heavy atom. The minimum Gasteiger partial charge on any atom is -0.317 e. The van der Waals surface area contributed by atoms with E-state index < -0.39 is 0 Å². The molecule has 0 rings (SSSR count). The van der Waals surface area contributed by atoms with E-state index in [9.17, 15) is 0 Å². The van der Waals surface area contributed by atoms with Crippen LogP contribution in [0.1, 0.15) is 39.0 Å². The van der Waals surface area contributed by atoms with Crippen molar-refractivity contribution in [2.75, 3.05) is 13.1 Å². The molecule has 0 unspecified atom stereocenters. The molecule has 0 fully saturated rings. The van der Waals surface area contributed by atoms with E-state index in [2.05, 4.69) is 12.2 Å². The molecular formula is C9H23NSi. The highest BCUT2D eigenvalue weighted by Gasteiger charge is 1.87. The fourth-order valence-electron chi connectivity index (χ4n) is 1.10. The van der Waals surface area contributed by atoms with Gasteiger partial charge >= 0.3 is 0 Å². The van der Waals surface area contributed by atoms with E-state index >= 15 is 0 Å². The highest BCUT2D eigenvalue weighted by atomic mass is 28.1. The molecule has 2 heteroatoms. The van der Waals surface area contributed by atoms with Crippen LogP contribution in [0.2, 0.25) is 6.04 Å². The van der Waals surface area contributed by atoms with Gasteiger partial charge in [0, 0.05) is 10.2 Å². The predicted octanol–water partition coefficient (Wildman–Crippen LogP) is 1.33. The Kier molecular flexibility index (Phi) is 10.3. The number of nitrogens with one attached hydrogen (secondary N) is 1. The van der Waals surface area contributed by atoms with Gasteiger partial charge in [-0.1, -0.05) is 32.2 Å². The number of rotatable bonds is 8. The van der Waals surface area contributed by atoms with Crippen LogP contribution >= 0.6 is 0 Å². The lowest BCUT2D eigenvalue weighted by molar-refractivity contribution is 0.594. The zero-order chi connectivity index (χ0) is 8.36. The van der Waals surface area contributed by atoms with E-state index in [-0.39, 0.29) is 0 Å². The van der Waals surface area contributed by atoms with Crippen LogP contribution in [0, 0.1) is 0 Å². The van der Waals surface area contributed by atoms with Crippen LogP contribution in [0.5, 0.6) is 0 Å². The zero-order valence-electron chi connectivity index (χ0n) is 8.16. The summed E-state index contributed by atoms with van der Waals surface area (Å²) in [6, 6.07) is 1.45. The van der Waals surface area contributed by atoms with Gasteiger partial charge in [0.05, 0.1) is 0 Å². The van der Waals surface area contributed by atoms with E-state index in [4.69, 9.17) is 0 Å². The molecule has 0 saturated carbocycles. The van der Waals surface area contributed by atoms with Gasteiger partial charge in [-0.25, -0.2) is 0 Å². The first-order chi connectivity index (χ1) is 5.41.